The highest BCUT2D eigenvalue weighted by Crippen LogP contribution is 2.39. The fourth-order valence-corrected chi connectivity index (χ4v) is 1.07. The summed E-state index contributed by atoms with van der Waals surface area (Å²) in [6, 6.07) is 2.80. The number of phenols is 1. The van der Waals surface area contributed by atoms with E-state index in [0.717, 1.165) is 0 Å². The molecule has 0 aliphatic heterocycles. The second-order valence-electron chi connectivity index (χ2n) is 1.96. The molecule has 66 valence electrons. The van der Waals surface area contributed by atoms with E-state index in [4.69, 9.17) is 23.2 Å². The molecule has 1 rings (SSSR count). The summed E-state index contributed by atoms with van der Waals surface area (Å²) in [5.74, 6) is -0.478. The highest BCUT2D eigenvalue weighted by Gasteiger charge is 2.11. The van der Waals surface area contributed by atoms with E-state index >= 15 is 0 Å². The molecule has 1 N–H and O–H groups in total. The maximum Gasteiger partial charge on any atom is 0.228 e. The summed E-state index contributed by atoms with van der Waals surface area (Å²) in [5.41, 5.74) is 0. The molecule has 2 nitrogen and oxygen atoms in total. The van der Waals surface area contributed by atoms with Crippen LogP contribution in [-0.2, 0) is 0 Å². The molecule has 0 fully saturated rings. The number of alkyl halides is 1. The lowest BCUT2D eigenvalue weighted by molar-refractivity contribution is 0.185. The normalized spacial score (nSPS) is 9.92. The van der Waals surface area contributed by atoms with E-state index in [1.54, 1.807) is 0 Å². The summed E-state index contributed by atoms with van der Waals surface area (Å²) < 4.78 is 16.2. The zero-order valence-electron chi connectivity index (χ0n) is 5.85. The first-order valence-corrected chi connectivity index (χ1v) is 3.78. The Morgan fingerprint density at radius 2 is 1.92 bits per heavy atom. The van der Waals surface area contributed by atoms with Gasteiger partial charge in [0.15, 0.2) is 11.5 Å². The highest BCUT2D eigenvalue weighted by molar-refractivity contribution is 6.35. The van der Waals surface area contributed by atoms with E-state index in [-0.39, 0.29) is 21.5 Å². The average molecular weight is 211 g/mol. The third kappa shape index (κ3) is 1.73. The molecule has 0 heterocycles. The lowest BCUT2D eigenvalue weighted by Gasteiger charge is -2.06. The number of benzene rings is 1. The van der Waals surface area contributed by atoms with Crippen LogP contribution in [0.3, 0.4) is 0 Å². The summed E-state index contributed by atoms with van der Waals surface area (Å²) in [4.78, 5) is 0. The number of aromatic hydroxyl groups is 1. The Balaban J connectivity index is 3.14. The lowest BCUT2D eigenvalue weighted by atomic mass is 10.3. The number of ether oxygens (including phenoxy) is 1. The van der Waals surface area contributed by atoms with Gasteiger partial charge in [0.25, 0.3) is 0 Å². The second kappa shape index (κ2) is 3.83. The minimum atomic E-state index is -1.06. The van der Waals surface area contributed by atoms with Crippen molar-refractivity contribution in [3.8, 4) is 11.5 Å². The summed E-state index contributed by atoms with van der Waals surface area (Å²) in [5, 5.41) is 9.39. The number of rotatable bonds is 2. The van der Waals surface area contributed by atoms with Crippen LogP contribution in [0.2, 0.25) is 10.0 Å². The Kier molecular flexibility index (Phi) is 3.00. The number of hydrogen-bond donors (Lipinski definition) is 1. The Labute approximate surface area is 78.5 Å². The maximum absolute atomic E-state index is 11.7. The van der Waals surface area contributed by atoms with Crippen LogP contribution in [0.4, 0.5) is 4.39 Å². The van der Waals surface area contributed by atoms with Gasteiger partial charge in [-0.1, -0.05) is 23.2 Å². The van der Waals surface area contributed by atoms with Crippen molar-refractivity contribution in [2.24, 2.45) is 0 Å². The summed E-state index contributed by atoms with van der Waals surface area (Å²) in [6.07, 6.45) is 0. The summed E-state index contributed by atoms with van der Waals surface area (Å²) in [6.45, 7) is -1.06. The predicted octanol–water partition coefficient (Wildman–Crippen LogP) is 3.00. The molecule has 0 saturated heterocycles. The molecule has 0 radical (unpaired) electrons. The van der Waals surface area contributed by atoms with Gasteiger partial charge in [0.05, 0.1) is 10.0 Å². The Hall–Kier alpha value is -0.670. The highest BCUT2D eigenvalue weighted by atomic mass is 35.5. The van der Waals surface area contributed by atoms with Crippen LogP contribution in [0.15, 0.2) is 12.1 Å². The zero-order chi connectivity index (χ0) is 9.14. The first kappa shape index (κ1) is 9.42. The maximum atomic E-state index is 11.7. The van der Waals surface area contributed by atoms with E-state index in [1.165, 1.54) is 12.1 Å². The standard InChI is InChI=1S/C7H5Cl2FO2/c8-4-1-2-5(9)7(6(4)11)12-3-10/h1-2,11H,3H2. The molecule has 0 spiro atoms. The van der Waals surface area contributed by atoms with Crippen molar-refractivity contribution in [3.05, 3.63) is 22.2 Å². The van der Waals surface area contributed by atoms with E-state index in [9.17, 15) is 9.50 Å². The monoisotopic (exact) mass is 210 g/mol. The molecule has 5 heteroatoms. The molecule has 0 bridgehead atoms. The zero-order valence-corrected chi connectivity index (χ0v) is 7.36. The SMILES string of the molecule is Oc1c(Cl)ccc(Cl)c1OCF. The molecule has 1 aromatic rings. The van der Waals surface area contributed by atoms with Crippen LogP contribution in [0.5, 0.6) is 11.5 Å². The molecule has 0 aliphatic rings. The second-order valence-corrected chi connectivity index (χ2v) is 2.77. The quantitative estimate of drug-likeness (QED) is 0.814. The van der Waals surface area contributed by atoms with Gasteiger partial charge in [0, 0.05) is 0 Å². The van der Waals surface area contributed by atoms with E-state index in [1.807, 2.05) is 0 Å². The largest absolute Gasteiger partial charge is 0.503 e. The molecule has 0 aromatic heterocycles. The van der Waals surface area contributed by atoms with Gasteiger partial charge in [-0.2, -0.15) is 0 Å². The van der Waals surface area contributed by atoms with Gasteiger partial charge in [0.2, 0.25) is 6.86 Å². The molecule has 0 saturated carbocycles. The summed E-state index contributed by atoms with van der Waals surface area (Å²) in [7, 11) is 0. The van der Waals surface area contributed by atoms with Gasteiger partial charge < -0.3 is 9.84 Å². The molecule has 0 atom stereocenters. The van der Waals surface area contributed by atoms with Crippen LogP contribution in [-0.4, -0.2) is 12.0 Å². The predicted molar refractivity (Wildman–Crippen MR) is 44.7 cm³/mol. The molecule has 1 aromatic carbocycles. The first-order chi connectivity index (χ1) is 5.66. The fraction of sp³-hybridized carbons (Fsp3) is 0.143. The van der Waals surface area contributed by atoms with Gasteiger partial charge >= 0.3 is 0 Å². The topological polar surface area (TPSA) is 29.5 Å². The van der Waals surface area contributed by atoms with Crippen molar-refractivity contribution in [2.75, 3.05) is 6.86 Å². The van der Waals surface area contributed by atoms with Crippen molar-refractivity contribution in [3.63, 3.8) is 0 Å². The van der Waals surface area contributed by atoms with Gasteiger partial charge in [-0.25, -0.2) is 4.39 Å². The van der Waals surface area contributed by atoms with Crippen molar-refractivity contribution in [1.82, 2.24) is 0 Å². The first-order valence-electron chi connectivity index (χ1n) is 3.02. The minimum Gasteiger partial charge on any atom is -0.503 e. The fourth-order valence-electron chi connectivity index (χ4n) is 0.714. The van der Waals surface area contributed by atoms with Crippen LogP contribution < -0.4 is 4.74 Å². The Morgan fingerprint density at radius 3 is 2.50 bits per heavy atom. The van der Waals surface area contributed by atoms with E-state index < -0.39 is 6.86 Å². The van der Waals surface area contributed by atoms with Gasteiger partial charge in [0.1, 0.15) is 0 Å². The third-order valence-corrected chi connectivity index (χ3v) is 1.84. The van der Waals surface area contributed by atoms with Crippen LogP contribution in [0, 0.1) is 0 Å². The third-order valence-electron chi connectivity index (χ3n) is 1.23. The number of hydrogen-bond acceptors (Lipinski definition) is 2. The van der Waals surface area contributed by atoms with Crippen molar-refractivity contribution in [2.45, 2.75) is 0 Å². The van der Waals surface area contributed by atoms with E-state index in [2.05, 4.69) is 4.74 Å². The Bertz CT molecular complexity index is 291. The lowest BCUT2D eigenvalue weighted by Crippen LogP contribution is -1.91. The molecular formula is C7H5Cl2FO2. The minimum absolute atomic E-state index is 0.0721. The van der Waals surface area contributed by atoms with Crippen LogP contribution in [0.25, 0.3) is 0 Å². The molecular weight excluding hydrogens is 206 g/mol. The van der Waals surface area contributed by atoms with Crippen molar-refractivity contribution >= 4 is 23.2 Å². The molecule has 0 aliphatic carbocycles. The molecule has 0 amide bonds. The molecule has 12 heavy (non-hydrogen) atoms. The number of halogens is 3. The average Bonchev–Trinajstić information content (AvgIpc) is 2.06. The van der Waals surface area contributed by atoms with Gasteiger partial charge in [-0.15, -0.1) is 0 Å². The number of phenolic OH excluding ortho intramolecular Hbond substituents is 1. The van der Waals surface area contributed by atoms with E-state index in [0.29, 0.717) is 0 Å². The van der Waals surface area contributed by atoms with Gasteiger partial charge in [-0.05, 0) is 12.1 Å². The molecule has 0 unspecified atom stereocenters. The van der Waals surface area contributed by atoms with Gasteiger partial charge in [-0.3, -0.25) is 0 Å². The smallest absolute Gasteiger partial charge is 0.228 e. The summed E-state index contributed by atoms with van der Waals surface area (Å²) >= 11 is 11.1. The van der Waals surface area contributed by atoms with Crippen molar-refractivity contribution in [1.29, 1.82) is 0 Å². The Morgan fingerprint density at radius 1 is 1.33 bits per heavy atom. The van der Waals surface area contributed by atoms with Crippen molar-refractivity contribution < 1.29 is 14.2 Å². The van der Waals surface area contributed by atoms with Crippen LogP contribution in [0.1, 0.15) is 0 Å². The van der Waals surface area contributed by atoms with Crippen LogP contribution >= 0.6 is 23.2 Å².